The fourth-order valence-electron chi connectivity index (χ4n) is 3.76. The van der Waals surface area contributed by atoms with Crippen molar-refractivity contribution >= 4 is 40.1 Å². The minimum atomic E-state index is -1.21. The molecule has 0 unspecified atom stereocenters. The summed E-state index contributed by atoms with van der Waals surface area (Å²) in [6.45, 7) is 0.915. The molecule has 4 N–H and O–H groups in total. The first-order chi connectivity index (χ1) is 17.3. The van der Waals surface area contributed by atoms with E-state index in [1.165, 1.54) is 24.4 Å². The van der Waals surface area contributed by atoms with E-state index in [9.17, 15) is 14.0 Å². The van der Waals surface area contributed by atoms with E-state index >= 15 is 4.39 Å². The van der Waals surface area contributed by atoms with E-state index in [4.69, 9.17) is 31.5 Å². The molecule has 2 heterocycles. The van der Waals surface area contributed by atoms with Gasteiger partial charge in [0.15, 0.2) is 17.4 Å². The third kappa shape index (κ3) is 4.98. The maximum absolute atomic E-state index is 15.0. The number of carbonyl (C=O) groups excluding carboxylic acids is 2. The van der Waals surface area contributed by atoms with Crippen molar-refractivity contribution in [1.82, 2.24) is 10.3 Å². The first-order valence-electron chi connectivity index (χ1n) is 11.2. The van der Waals surface area contributed by atoms with Gasteiger partial charge in [0.25, 0.3) is 5.91 Å². The van der Waals surface area contributed by atoms with Crippen LogP contribution in [0.5, 0.6) is 17.2 Å². The average molecular weight is 519 g/mol. The first-order valence-corrected chi connectivity index (χ1v) is 11.6. The summed E-state index contributed by atoms with van der Waals surface area (Å²) in [5.74, 6) is -3.64. The summed E-state index contributed by atoms with van der Waals surface area (Å²) < 4.78 is 46.7. The third-order valence-electron chi connectivity index (χ3n) is 5.74. The molecule has 9 nitrogen and oxygen atoms in total. The average Bonchev–Trinajstić information content (AvgIpc) is 3.50. The number of nitrogens with zero attached hydrogens (tertiary/aromatic N) is 1. The van der Waals surface area contributed by atoms with Crippen LogP contribution in [0.3, 0.4) is 0 Å². The van der Waals surface area contributed by atoms with Crippen LogP contribution in [0, 0.1) is 11.6 Å². The summed E-state index contributed by atoms with van der Waals surface area (Å²) in [6, 6.07) is 4.56. The van der Waals surface area contributed by atoms with E-state index in [1.807, 2.05) is 0 Å². The number of hydrogen-bond acceptors (Lipinski definition) is 6. The van der Waals surface area contributed by atoms with Gasteiger partial charge in [-0.2, -0.15) is 0 Å². The number of amides is 3. The zero-order chi connectivity index (χ0) is 25.4. The number of rotatable bonds is 7. The number of urea groups is 1. The lowest BCUT2D eigenvalue weighted by atomic mass is 10.1. The zero-order valence-electron chi connectivity index (χ0n) is 18.8. The van der Waals surface area contributed by atoms with Crippen molar-refractivity contribution in [1.29, 1.82) is 0 Å². The van der Waals surface area contributed by atoms with Crippen molar-refractivity contribution in [3.8, 4) is 17.2 Å². The lowest BCUT2D eigenvalue weighted by Gasteiger charge is -2.17. The standard InChI is InChI=1S/C24H21ClF2N4O5/c25-20-17(31-24(33)30-11-1-2-11)8-15(26)22(21(20)27)36-18-3-5-29-16-9-19(35-12-4-6-34-10-12)14(23(28)32)7-13(16)18/h3,5,7-9,11-12H,1-2,4,6,10H2,(H2,28,32)(H2,30,31,33)/t12-/m0/s1. The van der Waals surface area contributed by atoms with Gasteiger partial charge in [-0.1, -0.05) is 11.6 Å². The zero-order valence-corrected chi connectivity index (χ0v) is 19.5. The van der Waals surface area contributed by atoms with Gasteiger partial charge < -0.3 is 30.6 Å². The van der Waals surface area contributed by atoms with E-state index in [0.717, 1.165) is 18.9 Å². The SMILES string of the molecule is NC(=O)c1cc2c(Oc3c(F)cc(NC(=O)NC4CC4)c(Cl)c3F)ccnc2cc1O[C@H]1CCOC1. The van der Waals surface area contributed by atoms with Crippen LogP contribution in [0.25, 0.3) is 10.9 Å². The Morgan fingerprint density at radius 3 is 2.67 bits per heavy atom. The van der Waals surface area contributed by atoms with Crippen molar-refractivity contribution in [2.75, 3.05) is 18.5 Å². The van der Waals surface area contributed by atoms with E-state index in [0.29, 0.717) is 25.2 Å². The maximum atomic E-state index is 15.0. The molecule has 12 heteroatoms. The van der Waals surface area contributed by atoms with Crippen molar-refractivity contribution < 1.29 is 32.6 Å². The van der Waals surface area contributed by atoms with Crippen LogP contribution in [-0.4, -0.2) is 42.3 Å². The number of aromatic nitrogens is 1. The van der Waals surface area contributed by atoms with Crippen molar-refractivity contribution in [2.24, 2.45) is 5.73 Å². The van der Waals surface area contributed by atoms with Gasteiger partial charge in [0.2, 0.25) is 0 Å². The fourth-order valence-corrected chi connectivity index (χ4v) is 3.94. The topological polar surface area (TPSA) is 125 Å². The lowest BCUT2D eigenvalue weighted by molar-refractivity contribution is 0.0989. The molecule has 1 aliphatic heterocycles. The van der Waals surface area contributed by atoms with E-state index < -0.39 is 34.3 Å². The van der Waals surface area contributed by atoms with Crippen molar-refractivity contribution in [2.45, 2.75) is 31.4 Å². The second-order valence-corrected chi connectivity index (χ2v) is 8.86. The predicted molar refractivity (Wildman–Crippen MR) is 127 cm³/mol. The molecule has 0 bridgehead atoms. The van der Waals surface area contributed by atoms with Crippen LogP contribution >= 0.6 is 11.6 Å². The van der Waals surface area contributed by atoms with Crippen LogP contribution in [0.2, 0.25) is 5.02 Å². The second kappa shape index (κ2) is 9.75. The number of ether oxygens (including phenoxy) is 3. The van der Waals surface area contributed by atoms with Crippen LogP contribution in [0.1, 0.15) is 29.6 Å². The van der Waals surface area contributed by atoms with Crippen LogP contribution in [0.15, 0.2) is 30.5 Å². The molecular weight excluding hydrogens is 498 g/mol. The Bertz CT molecular complexity index is 1360. The minimum absolute atomic E-state index is 0.000646. The van der Waals surface area contributed by atoms with Gasteiger partial charge in [0.05, 0.1) is 30.0 Å². The highest BCUT2D eigenvalue weighted by Gasteiger charge is 2.26. The van der Waals surface area contributed by atoms with Gasteiger partial charge in [-0.05, 0) is 25.0 Å². The van der Waals surface area contributed by atoms with Crippen molar-refractivity contribution in [3.63, 3.8) is 0 Å². The summed E-state index contributed by atoms with van der Waals surface area (Å²) >= 11 is 6.06. The monoisotopic (exact) mass is 518 g/mol. The highest BCUT2D eigenvalue weighted by atomic mass is 35.5. The number of halogens is 3. The van der Waals surface area contributed by atoms with E-state index in [2.05, 4.69) is 15.6 Å². The molecule has 2 aliphatic rings. The highest BCUT2D eigenvalue weighted by molar-refractivity contribution is 6.34. The van der Waals surface area contributed by atoms with Crippen LogP contribution in [0.4, 0.5) is 19.3 Å². The smallest absolute Gasteiger partial charge is 0.319 e. The predicted octanol–water partition coefficient (Wildman–Crippen LogP) is 4.51. The molecule has 1 saturated heterocycles. The quantitative estimate of drug-likeness (QED) is 0.395. The van der Waals surface area contributed by atoms with E-state index in [-0.39, 0.29) is 40.3 Å². The van der Waals surface area contributed by atoms with Crippen LogP contribution < -0.4 is 25.8 Å². The van der Waals surface area contributed by atoms with Crippen LogP contribution in [-0.2, 0) is 4.74 Å². The number of benzene rings is 2. The van der Waals surface area contributed by atoms with Gasteiger partial charge >= 0.3 is 6.03 Å². The number of nitrogens with one attached hydrogen (secondary N) is 2. The Labute approximate surface area is 208 Å². The molecule has 188 valence electrons. The number of primary amides is 1. The Morgan fingerprint density at radius 1 is 1.17 bits per heavy atom. The molecule has 2 aromatic carbocycles. The van der Waals surface area contributed by atoms with Gasteiger partial charge in [0.1, 0.15) is 22.6 Å². The molecule has 0 radical (unpaired) electrons. The van der Waals surface area contributed by atoms with Gasteiger partial charge in [-0.15, -0.1) is 0 Å². The lowest BCUT2D eigenvalue weighted by Crippen LogP contribution is -2.30. The second-order valence-electron chi connectivity index (χ2n) is 8.48. The molecule has 5 rings (SSSR count). The number of fused-ring (bicyclic) bond motifs is 1. The molecule has 3 aromatic rings. The van der Waals surface area contributed by atoms with Gasteiger partial charge in [-0.3, -0.25) is 9.78 Å². The molecule has 1 aromatic heterocycles. The number of carbonyl (C=O) groups is 2. The summed E-state index contributed by atoms with van der Waals surface area (Å²) in [6.07, 6.45) is 3.47. The molecule has 2 fully saturated rings. The Morgan fingerprint density at radius 2 is 1.97 bits per heavy atom. The largest absolute Gasteiger partial charge is 0.487 e. The number of anilines is 1. The normalized spacial score (nSPS) is 17.1. The molecule has 36 heavy (non-hydrogen) atoms. The molecule has 0 spiro atoms. The number of pyridine rings is 1. The molecule has 1 atom stereocenters. The van der Waals surface area contributed by atoms with Gasteiger partial charge in [-0.25, -0.2) is 13.6 Å². The Kier molecular flexibility index (Phi) is 6.50. The maximum Gasteiger partial charge on any atom is 0.319 e. The molecule has 3 amide bonds. The molecular formula is C24H21ClF2N4O5. The first kappa shape index (κ1) is 24.0. The summed E-state index contributed by atoms with van der Waals surface area (Å²) in [7, 11) is 0. The highest BCUT2D eigenvalue weighted by Crippen LogP contribution is 2.39. The van der Waals surface area contributed by atoms with Gasteiger partial charge in [0, 0.05) is 36.2 Å². The Hall–Kier alpha value is -3.70. The number of nitrogens with two attached hydrogens (primary N) is 1. The number of hydrogen-bond donors (Lipinski definition) is 3. The van der Waals surface area contributed by atoms with Crippen molar-refractivity contribution in [3.05, 3.63) is 52.7 Å². The fraction of sp³-hybridized carbons (Fsp3) is 0.292. The summed E-state index contributed by atoms with van der Waals surface area (Å²) in [5, 5.41) is 4.72. The molecule has 1 saturated carbocycles. The summed E-state index contributed by atoms with van der Waals surface area (Å²) in [5.41, 5.74) is 5.70. The molecule has 1 aliphatic carbocycles. The van der Waals surface area contributed by atoms with E-state index in [1.54, 1.807) is 0 Å². The summed E-state index contributed by atoms with van der Waals surface area (Å²) in [4.78, 5) is 28.3. The third-order valence-corrected chi connectivity index (χ3v) is 6.11. The Balaban J connectivity index is 1.47. The minimum Gasteiger partial charge on any atom is -0.487 e.